The molecule has 1 aromatic carbocycles. The van der Waals surface area contributed by atoms with E-state index in [0.717, 1.165) is 24.5 Å². The highest BCUT2D eigenvalue weighted by Crippen LogP contribution is 2.30. The lowest BCUT2D eigenvalue weighted by atomic mass is 10.0. The van der Waals surface area contributed by atoms with Gasteiger partial charge in [0.2, 0.25) is 0 Å². The highest BCUT2D eigenvalue weighted by Gasteiger charge is 2.27. The van der Waals surface area contributed by atoms with Gasteiger partial charge < -0.3 is 10.6 Å². The van der Waals surface area contributed by atoms with Crippen LogP contribution in [0.3, 0.4) is 0 Å². The number of hydrogen-bond acceptors (Lipinski definition) is 3. The van der Waals surface area contributed by atoms with Crippen LogP contribution < -0.4 is 10.6 Å². The molecule has 0 spiro atoms. The molecular weight excluding hydrogens is 258 g/mol. The van der Waals surface area contributed by atoms with E-state index in [1.807, 2.05) is 12.1 Å². The van der Waals surface area contributed by atoms with Gasteiger partial charge in [-0.05, 0) is 51.6 Å². The Morgan fingerprint density at radius 3 is 2.47 bits per heavy atom. The van der Waals surface area contributed by atoms with Crippen molar-refractivity contribution in [1.82, 2.24) is 4.90 Å². The first-order valence-corrected chi connectivity index (χ1v) is 7.36. The molecule has 1 aliphatic rings. The van der Waals surface area contributed by atoms with Crippen molar-refractivity contribution in [3.63, 3.8) is 0 Å². The van der Waals surface area contributed by atoms with Crippen LogP contribution in [-0.4, -0.2) is 43.7 Å². The third kappa shape index (κ3) is 3.04. The van der Waals surface area contributed by atoms with Crippen LogP contribution in [0.25, 0.3) is 0 Å². The molecule has 3 nitrogen and oxygen atoms in total. The number of halogens is 1. The molecule has 1 heterocycles. The molecule has 1 aromatic rings. The molecule has 2 unspecified atom stereocenters. The third-order valence-corrected chi connectivity index (χ3v) is 4.54. The van der Waals surface area contributed by atoms with Crippen LogP contribution in [0, 0.1) is 0 Å². The molecule has 0 saturated carbocycles. The van der Waals surface area contributed by atoms with E-state index in [9.17, 15) is 0 Å². The number of piperazine rings is 1. The summed E-state index contributed by atoms with van der Waals surface area (Å²) in [6.07, 6.45) is 0.837. The van der Waals surface area contributed by atoms with Crippen molar-refractivity contribution in [2.75, 3.05) is 31.6 Å². The van der Waals surface area contributed by atoms with Crippen LogP contribution in [0.1, 0.15) is 19.4 Å². The molecular formula is C15H24ClN3. The number of hydrogen-bond donors (Lipinski definition) is 1. The van der Waals surface area contributed by atoms with Crippen molar-refractivity contribution in [3.05, 3.63) is 28.8 Å². The van der Waals surface area contributed by atoms with Gasteiger partial charge in [-0.3, -0.25) is 4.90 Å². The van der Waals surface area contributed by atoms with E-state index < -0.39 is 0 Å². The van der Waals surface area contributed by atoms with E-state index in [4.69, 9.17) is 17.3 Å². The number of nitrogens with zero attached hydrogens (tertiary/aromatic N) is 2. The first kappa shape index (κ1) is 14.6. The van der Waals surface area contributed by atoms with Crippen LogP contribution >= 0.6 is 11.6 Å². The first-order chi connectivity index (χ1) is 9.04. The second kappa shape index (κ2) is 6.12. The predicted octanol–water partition coefficient (Wildman–Crippen LogP) is 2.37. The van der Waals surface area contributed by atoms with Crippen molar-refractivity contribution < 1.29 is 0 Å². The van der Waals surface area contributed by atoms with Crippen LogP contribution in [0.15, 0.2) is 18.2 Å². The Balaban J connectivity index is 2.29. The molecule has 1 fully saturated rings. The van der Waals surface area contributed by atoms with Gasteiger partial charge in [-0.1, -0.05) is 17.7 Å². The molecule has 0 amide bonds. The average Bonchev–Trinajstić information content (AvgIpc) is 2.38. The molecule has 1 aliphatic heterocycles. The molecule has 2 atom stereocenters. The fraction of sp³-hybridized carbons (Fsp3) is 0.600. The largest absolute Gasteiger partial charge is 0.368 e. The Bertz CT molecular complexity index is 423. The van der Waals surface area contributed by atoms with Gasteiger partial charge >= 0.3 is 0 Å². The summed E-state index contributed by atoms with van der Waals surface area (Å²) in [7, 11) is 2.20. The van der Waals surface area contributed by atoms with Gasteiger partial charge in [0.15, 0.2) is 0 Å². The Morgan fingerprint density at radius 1 is 1.26 bits per heavy atom. The van der Waals surface area contributed by atoms with Crippen LogP contribution in [0.4, 0.5) is 5.69 Å². The molecule has 2 N–H and O–H groups in total. The van der Waals surface area contributed by atoms with Gasteiger partial charge in [0.1, 0.15) is 0 Å². The zero-order valence-corrected chi connectivity index (χ0v) is 12.8. The Hall–Kier alpha value is -0.770. The molecule has 0 aliphatic carbocycles. The van der Waals surface area contributed by atoms with E-state index in [0.29, 0.717) is 18.6 Å². The molecule has 19 heavy (non-hydrogen) atoms. The molecule has 106 valence electrons. The minimum Gasteiger partial charge on any atom is -0.368 e. The van der Waals surface area contributed by atoms with Gasteiger partial charge in [-0.25, -0.2) is 0 Å². The van der Waals surface area contributed by atoms with Crippen LogP contribution in [-0.2, 0) is 6.42 Å². The summed E-state index contributed by atoms with van der Waals surface area (Å²) >= 11 is 6.34. The SMILES string of the molecule is CC1CN(c2cccc(Cl)c2CCN)CC(C)N1C. The van der Waals surface area contributed by atoms with Gasteiger partial charge in [0.25, 0.3) is 0 Å². The average molecular weight is 282 g/mol. The van der Waals surface area contributed by atoms with Crippen LogP contribution in [0.2, 0.25) is 5.02 Å². The van der Waals surface area contributed by atoms with Crippen molar-refractivity contribution in [1.29, 1.82) is 0 Å². The molecule has 0 bridgehead atoms. The van der Waals surface area contributed by atoms with Crippen molar-refractivity contribution in [3.8, 4) is 0 Å². The lowest BCUT2D eigenvalue weighted by Crippen LogP contribution is -2.55. The second-order valence-corrected chi connectivity index (χ2v) is 5.95. The summed E-state index contributed by atoms with van der Waals surface area (Å²) in [5.74, 6) is 0. The third-order valence-electron chi connectivity index (χ3n) is 4.19. The van der Waals surface area contributed by atoms with Crippen molar-refractivity contribution in [2.24, 2.45) is 5.73 Å². The first-order valence-electron chi connectivity index (χ1n) is 6.99. The fourth-order valence-electron chi connectivity index (χ4n) is 2.84. The fourth-order valence-corrected chi connectivity index (χ4v) is 3.10. The summed E-state index contributed by atoms with van der Waals surface area (Å²) < 4.78 is 0. The second-order valence-electron chi connectivity index (χ2n) is 5.54. The van der Waals surface area contributed by atoms with E-state index in [1.165, 1.54) is 11.3 Å². The van der Waals surface area contributed by atoms with Crippen molar-refractivity contribution in [2.45, 2.75) is 32.4 Å². The zero-order valence-electron chi connectivity index (χ0n) is 12.1. The summed E-state index contributed by atoms with van der Waals surface area (Å²) in [5.41, 5.74) is 8.16. The Labute approximate surface area is 121 Å². The van der Waals surface area contributed by atoms with E-state index in [2.05, 4.69) is 36.8 Å². The maximum absolute atomic E-state index is 6.34. The van der Waals surface area contributed by atoms with Gasteiger partial charge in [-0.2, -0.15) is 0 Å². The zero-order chi connectivity index (χ0) is 14.0. The van der Waals surface area contributed by atoms with Crippen molar-refractivity contribution >= 4 is 17.3 Å². The summed E-state index contributed by atoms with van der Waals surface area (Å²) in [4.78, 5) is 4.88. The Kier molecular flexibility index (Phi) is 4.71. The van der Waals surface area contributed by atoms with Gasteiger partial charge in [0.05, 0.1) is 0 Å². The number of nitrogens with two attached hydrogens (primary N) is 1. The molecule has 0 radical (unpaired) electrons. The normalized spacial score (nSPS) is 24.8. The van der Waals surface area contributed by atoms with Gasteiger partial charge in [0, 0.05) is 35.9 Å². The number of anilines is 1. The number of benzene rings is 1. The minimum atomic E-state index is 0.549. The van der Waals surface area contributed by atoms with E-state index in [-0.39, 0.29) is 0 Å². The highest BCUT2D eigenvalue weighted by atomic mass is 35.5. The molecule has 1 saturated heterocycles. The minimum absolute atomic E-state index is 0.549. The summed E-state index contributed by atoms with van der Waals surface area (Å²) in [6, 6.07) is 7.26. The Morgan fingerprint density at radius 2 is 1.89 bits per heavy atom. The topological polar surface area (TPSA) is 32.5 Å². The van der Waals surface area contributed by atoms with E-state index >= 15 is 0 Å². The molecule has 4 heteroatoms. The monoisotopic (exact) mass is 281 g/mol. The smallest absolute Gasteiger partial charge is 0.0459 e. The predicted molar refractivity (Wildman–Crippen MR) is 83.1 cm³/mol. The van der Waals surface area contributed by atoms with Gasteiger partial charge in [-0.15, -0.1) is 0 Å². The lowest BCUT2D eigenvalue weighted by molar-refractivity contribution is 0.170. The van der Waals surface area contributed by atoms with E-state index in [1.54, 1.807) is 0 Å². The maximum atomic E-state index is 6.34. The maximum Gasteiger partial charge on any atom is 0.0459 e. The van der Waals surface area contributed by atoms with Crippen LogP contribution in [0.5, 0.6) is 0 Å². The standard InChI is InChI=1S/C15H24ClN3/c1-11-9-19(10-12(2)18(11)3)15-6-4-5-14(16)13(15)7-8-17/h4-6,11-12H,7-10,17H2,1-3H3. The lowest BCUT2D eigenvalue weighted by Gasteiger charge is -2.44. The molecule has 0 aromatic heterocycles. The molecule has 2 rings (SSSR count). The summed E-state index contributed by atoms with van der Waals surface area (Å²) in [5, 5.41) is 0.835. The number of rotatable bonds is 3. The highest BCUT2D eigenvalue weighted by molar-refractivity contribution is 6.31. The summed E-state index contributed by atoms with van der Waals surface area (Å²) in [6.45, 7) is 7.26. The number of likely N-dealkylation sites (N-methyl/N-ethyl adjacent to an activating group) is 1. The quantitative estimate of drug-likeness (QED) is 0.923.